The van der Waals surface area contributed by atoms with Crippen LogP contribution in [0.4, 0.5) is 0 Å². The van der Waals surface area contributed by atoms with Gasteiger partial charge in [0.25, 0.3) is 5.56 Å². The first-order chi connectivity index (χ1) is 8.77. The Kier molecular flexibility index (Phi) is 2.41. The van der Waals surface area contributed by atoms with E-state index in [1.54, 1.807) is 18.3 Å². The predicted molar refractivity (Wildman–Crippen MR) is 69.9 cm³/mol. The molecule has 0 amide bonds. The molecule has 0 aliphatic carbocycles. The molecule has 2 aromatic heterocycles. The lowest BCUT2D eigenvalue weighted by atomic mass is 10.2. The van der Waals surface area contributed by atoms with E-state index in [-0.39, 0.29) is 5.56 Å². The van der Waals surface area contributed by atoms with Crippen LogP contribution in [0.1, 0.15) is 5.56 Å². The molecule has 0 fully saturated rings. The second-order valence-corrected chi connectivity index (χ2v) is 4.08. The lowest BCUT2D eigenvalue weighted by Crippen LogP contribution is -2.12. The van der Waals surface area contributed by atoms with Crippen LogP contribution in [0, 0.1) is 6.92 Å². The number of aryl methyl sites for hydroxylation is 1. The highest BCUT2D eigenvalue weighted by Gasteiger charge is 2.07. The molecule has 0 aliphatic heterocycles. The zero-order valence-electron chi connectivity index (χ0n) is 9.87. The predicted octanol–water partition coefficient (Wildman–Crippen LogP) is 2.09. The number of para-hydroxylation sites is 1. The van der Waals surface area contributed by atoms with E-state index in [0.717, 1.165) is 11.3 Å². The Labute approximate surface area is 104 Å². The van der Waals surface area contributed by atoms with E-state index in [4.69, 9.17) is 0 Å². The van der Waals surface area contributed by atoms with E-state index >= 15 is 0 Å². The van der Waals surface area contributed by atoms with Crippen LogP contribution < -0.4 is 5.56 Å². The van der Waals surface area contributed by atoms with E-state index < -0.39 is 0 Å². The van der Waals surface area contributed by atoms with Crippen molar-refractivity contribution in [2.75, 3.05) is 0 Å². The summed E-state index contributed by atoms with van der Waals surface area (Å²) in [7, 11) is 0. The van der Waals surface area contributed by atoms with Crippen molar-refractivity contribution in [3.8, 4) is 5.69 Å². The van der Waals surface area contributed by atoms with Crippen LogP contribution >= 0.6 is 0 Å². The third-order valence-corrected chi connectivity index (χ3v) is 2.91. The third-order valence-electron chi connectivity index (χ3n) is 2.91. The second-order valence-electron chi connectivity index (χ2n) is 4.08. The number of aromatic nitrogens is 3. The summed E-state index contributed by atoms with van der Waals surface area (Å²) in [5, 5.41) is 0.531. The van der Waals surface area contributed by atoms with E-state index in [1.165, 1.54) is 6.33 Å². The quantitative estimate of drug-likeness (QED) is 0.651. The van der Waals surface area contributed by atoms with Crippen LogP contribution in [-0.2, 0) is 0 Å². The van der Waals surface area contributed by atoms with E-state index in [1.807, 2.05) is 35.8 Å². The van der Waals surface area contributed by atoms with Crippen molar-refractivity contribution >= 4 is 11.0 Å². The summed E-state index contributed by atoms with van der Waals surface area (Å²) in [4.78, 5) is 19.9. The summed E-state index contributed by atoms with van der Waals surface area (Å²) in [5.41, 5.74) is 2.47. The van der Waals surface area contributed by atoms with Gasteiger partial charge in [0.05, 0.1) is 11.1 Å². The SMILES string of the molecule is Cc1ccccc1-n1cnc(=O)c2cccnc21. The summed E-state index contributed by atoms with van der Waals surface area (Å²) in [5.74, 6) is 0. The zero-order valence-corrected chi connectivity index (χ0v) is 9.87. The number of fused-ring (bicyclic) bond motifs is 1. The molecule has 4 heteroatoms. The van der Waals surface area contributed by atoms with Crippen molar-refractivity contribution < 1.29 is 0 Å². The summed E-state index contributed by atoms with van der Waals surface area (Å²) in [6.07, 6.45) is 3.20. The first kappa shape index (κ1) is 10.7. The van der Waals surface area contributed by atoms with Gasteiger partial charge < -0.3 is 0 Å². The first-order valence-electron chi connectivity index (χ1n) is 5.66. The first-order valence-corrected chi connectivity index (χ1v) is 5.66. The maximum Gasteiger partial charge on any atom is 0.282 e. The Bertz CT molecular complexity index is 777. The third kappa shape index (κ3) is 1.59. The van der Waals surface area contributed by atoms with Gasteiger partial charge in [-0.25, -0.2) is 4.98 Å². The molecule has 0 aliphatic rings. The van der Waals surface area contributed by atoms with Gasteiger partial charge in [-0.05, 0) is 30.7 Å². The highest BCUT2D eigenvalue weighted by atomic mass is 16.1. The number of hydrogen-bond acceptors (Lipinski definition) is 3. The minimum Gasteiger partial charge on any atom is -0.284 e. The summed E-state index contributed by atoms with van der Waals surface area (Å²) < 4.78 is 1.84. The summed E-state index contributed by atoms with van der Waals surface area (Å²) in [6, 6.07) is 11.4. The molecule has 2 heterocycles. The van der Waals surface area contributed by atoms with E-state index in [9.17, 15) is 4.79 Å². The van der Waals surface area contributed by atoms with Crippen LogP contribution in [0.5, 0.6) is 0 Å². The van der Waals surface area contributed by atoms with Gasteiger partial charge in [-0.2, -0.15) is 4.98 Å². The molecule has 0 bridgehead atoms. The van der Waals surface area contributed by atoms with Gasteiger partial charge in [0.15, 0.2) is 5.65 Å². The Balaban J connectivity index is 2.41. The van der Waals surface area contributed by atoms with Crippen LogP contribution in [0.25, 0.3) is 16.7 Å². The maximum atomic E-state index is 11.7. The van der Waals surface area contributed by atoms with Crippen molar-refractivity contribution in [1.29, 1.82) is 0 Å². The number of hydrogen-bond donors (Lipinski definition) is 0. The molecule has 0 unspecified atom stereocenters. The molecular formula is C14H11N3O. The Morgan fingerprint density at radius 3 is 2.72 bits per heavy atom. The van der Waals surface area contributed by atoms with Gasteiger partial charge in [-0.1, -0.05) is 18.2 Å². The Morgan fingerprint density at radius 1 is 1.06 bits per heavy atom. The molecule has 88 valence electrons. The molecule has 0 atom stereocenters. The van der Waals surface area contributed by atoms with Crippen LogP contribution in [0.3, 0.4) is 0 Å². The van der Waals surface area contributed by atoms with Gasteiger partial charge in [0, 0.05) is 6.20 Å². The minimum absolute atomic E-state index is 0.247. The molecule has 0 saturated carbocycles. The largest absolute Gasteiger partial charge is 0.284 e. The fourth-order valence-electron chi connectivity index (χ4n) is 2.00. The van der Waals surface area contributed by atoms with Crippen molar-refractivity contribution in [1.82, 2.24) is 14.5 Å². The van der Waals surface area contributed by atoms with E-state index in [0.29, 0.717) is 11.0 Å². The lowest BCUT2D eigenvalue weighted by Gasteiger charge is -2.11. The monoisotopic (exact) mass is 237 g/mol. The number of rotatable bonds is 1. The van der Waals surface area contributed by atoms with Crippen molar-refractivity contribution in [2.45, 2.75) is 6.92 Å². The Morgan fingerprint density at radius 2 is 1.89 bits per heavy atom. The molecular weight excluding hydrogens is 226 g/mol. The number of pyridine rings is 1. The molecule has 1 aromatic carbocycles. The van der Waals surface area contributed by atoms with Gasteiger partial charge in [-0.15, -0.1) is 0 Å². The highest BCUT2D eigenvalue weighted by molar-refractivity contribution is 5.75. The lowest BCUT2D eigenvalue weighted by molar-refractivity contribution is 0.982. The van der Waals surface area contributed by atoms with Gasteiger partial charge in [-0.3, -0.25) is 9.36 Å². The molecule has 0 saturated heterocycles. The van der Waals surface area contributed by atoms with Crippen LogP contribution in [0.15, 0.2) is 53.7 Å². The molecule has 18 heavy (non-hydrogen) atoms. The molecule has 0 radical (unpaired) electrons. The van der Waals surface area contributed by atoms with Crippen molar-refractivity contribution in [2.24, 2.45) is 0 Å². The fourth-order valence-corrected chi connectivity index (χ4v) is 2.00. The smallest absolute Gasteiger partial charge is 0.282 e. The van der Waals surface area contributed by atoms with Gasteiger partial charge in [0.2, 0.25) is 0 Å². The van der Waals surface area contributed by atoms with Crippen molar-refractivity contribution in [3.05, 3.63) is 64.8 Å². The molecule has 0 spiro atoms. The van der Waals surface area contributed by atoms with Gasteiger partial charge in [0.1, 0.15) is 6.33 Å². The highest BCUT2D eigenvalue weighted by Crippen LogP contribution is 2.16. The minimum atomic E-state index is -0.247. The fraction of sp³-hybridized carbons (Fsp3) is 0.0714. The maximum absolute atomic E-state index is 11.7. The standard InChI is InChI=1S/C14H11N3O/c1-10-5-2-3-7-12(10)17-9-16-14(18)11-6-4-8-15-13(11)17/h2-9H,1H3. The summed E-state index contributed by atoms with van der Waals surface area (Å²) >= 11 is 0. The molecule has 3 aromatic rings. The van der Waals surface area contributed by atoms with Crippen LogP contribution in [0.2, 0.25) is 0 Å². The summed E-state index contributed by atoms with van der Waals surface area (Å²) in [6.45, 7) is 2.02. The Hall–Kier alpha value is -2.49. The normalized spacial score (nSPS) is 10.7. The zero-order chi connectivity index (χ0) is 12.5. The molecule has 4 nitrogen and oxygen atoms in total. The average molecular weight is 237 g/mol. The van der Waals surface area contributed by atoms with Gasteiger partial charge >= 0.3 is 0 Å². The molecule has 3 rings (SSSR count). The van der Waals surface area contributed by atoms with Crippen molar-refractivity contribution in [3.63, 3.8) is 0 Å². The second kappa shape index (κ2) is 4.07. The molecule has 0 N–H and O–H groups in total. The van der Waals surface area contributed by atoms with Crippen LogP contribution in [-0.4, -0.2) is 14.5 Å². The number of nitrogens with zero attached hydrogens (tertiary/aromatic N) is 3. The van der Waals surface area contributed by atoms with E-state index in [2.05, 4.69) is 9.97 Å². The number of benzene rings is 1. The average Bonchev–Trinajstić information content (AvgIpc) is 2.41. The topological polar surface area (TPSA) is 47.8 Å².